The SMILES string of the molecule is Cl.O=c1[nH]c2cc(CN3CCN(c4ccc([N+](=O)[O-])cc4)CC3)ccc2c2ccccc12. The number of pyridine rings is 1. The van der Waals surface area contributed by atoms with Crippen LogP contribution in [0.3, 0.4) is 0 Å². The Kier molecular flexibility index (Phi) is 6.12. The van der Waals surface area contributed by atoms with Gasteiger partial charge in [-0.25, -0.2) is 0 Å². The van der Waals surface area contributed by atoms with Gasteiger partial charge in [-0.2, -0.15) is 0 Å². The number of nitro benzene ring substituents is 1. The number of non-ortho nitro benzene ring substituents is 1. The van der Waals surface area contributed by atoms with Crippen LogP contribution < -0.4 is 10.5 Å². The first-order valence-corrected chi connectivity index (χ1v) is 10.3. The first-order valence-electron chi connectivity index (χ1n) is 10.3. The van der Waals surface area contributed by atoms with E-state index in [4.69, 9.17) is 0 Å². The van der Waals surface area contributed by atoms with Crippen LogP contribution in [0.25, 0.3) is 21.7 Å². The third kappa shape index (κ3) is 4.17. The molecule has 0 amide bonds. The molecule has 1 aromatic heterocycles. The standard InChI is InChI=1S/C24H22N4O3.ClH/c29-24-22-4-2-1-3-20(22)21-10-5-17(15-23(21)25-24)16-26-11-13-27(14-12-26)18-6-8-19(9-7-18)28(30)31;/h1-10,15H,11-14,16H2,(H,25,29);1H. The summed E-state index contributed by atoms with van der Waals surface area (Å²) in [5, 5.41) is 13.6. The van der Waals surface area contributed by atoms with Crippen molar-refractivity contribution in [3.63, 3.8) is 0 Å². The van der Waals surface area contributed by atoms with Gasteiger partial charge in [-0.15, -0.1) is 12.4 Å². The Bertz CT molecular complexity index is 1330. The number of nitrogens with zero attached hydrogens (tertiary/aromatic N) is 3. The summed E-state index contributed by atoms with van der Waals surface area (Å²) in [7, 11) is 0. The van der Waals surface area contributed by atoms with Crippen molar-refractivity contribution in [1.82, 2.24) is 9.88 Å². The summed E-state index contributed by atoms with van der Waals surface area (Å²) in [6, 6.07) is 20.7. The van der Waals surface area contributed by atoms with Gasteiger partial charge in [0.25, 0.3) is 11.2 Å². The molecule has 0 bridgehead atoms. The van der Waals surface area contributed by atoms with Crippen LogP contribution >= 0.6 is 12.4 Å². The van der Waals surface area contributed by atoms with Crippen molar-refractivity contribution in [1.29, 1.82) is 0 Å². The summed E-state index contributed by atoms with van der Waals surface area (Å²) in [5.74, 6) is 0. The molecule has 3 aromatic carbocycles. The van der Waals surface area contributed by atoms with Gasteiger partial charge >= 0.3 is 0 Å². The second-order valence-corrected chi connectivity index (χ2v) is 7.92. The van der Waals surface area contributed by atoms with Crippen molar-refractivity contribution < 1.29 is 4.92 Å². The number of piperazine rings is 1. The number of aromatic nitrogens is 1. The average molecular weight is 451 g/mol. The lowest BCUT2D eigenvalue weighted by atomic mass is 10.0. The first-order chi connectivity index (χ1) is 15.1. The van der Waals surface area contributed by atoms with Crippen molar-refractivity contribution in [3.05, 3.63) is 92.8 Å². The second-order valence-electron chi connectivity index (χ2n) is 7.92. The maximum atomic E-state index is 12.4. The lowest BCUT2D eigenvalue weighted by molar-refractivity contribution is -0.384. The van der Waals surface area contributed by atoms with Crippen LogP contribution in [0.4, 0.5) is 11.4 Å². The Labute approximate surface area is 190 Å². The van der Waals surface area contributed by atoms with E-state index in [-0.39, 0.29) is 28.6 Å². The van der Waals surface area contributed by atoms with Crippen molar-refractivity contribution in [2.45, 2.75) is 6.54 Å². The molecule has 1 aliphatic rings. The van der Waals surface area contributed by atoms with Gasteiger partial charge < -0.3 is 9.88 Å². The molecule has 4 aromatic rings. The molecule has 0 aliphatic carbocycles. The molecule has 8 heteroatoms. The molecule has 7 nitrogen and oxygen atoms in total. The van der Waals surface area contributed by atoms with Gasteiger partial charge in [0.15, 0.2) is 0 Å². The third-order valence-corrected chi connectivity index (χ3v) is 6.00. The zero-order valence-electron chi connectivity index (χ0n) is 17.4. The highest BCUT2D eigenvalue weighted by atomic mass is 35.5. The van der Waals surface area contributed by atoms with E-state index in [0.29, 0.717) is 5.39 Å². The van der Waals surface area contributed by atoms with Gasteiger partial charge in [0, 0.05) is 66.8 Å². The van der Waals surface area contributed by atoms with E-state index in [1.165, 1.54) is 5.56 Å². The molecule has 1 fully saturated rings. The van der Waals surface area contributed by atoms with Gasteiger partial charge in [-0.05, 0) is 35.2 Å². The van der Waals surface area contributed by atoms with Crippen molar-refractivity contribution >= 4 is 45.5 Å². The minimum atomic E-state index is -0.374. The Morgan fingerprint density at radius 1 is 0.875 bits per heavy atom. The summed E-state index contributed by atoms with van der Waals surface area (Å²) in [6.07, 6.45) is 0. The Balaban J connectivity index is 0.00000245. The Morgan fingerprint density at radius 2 is 1.56 bits per heavy atom. The van der Waals surface area contributed by atoms with Crippen LogP contribution in [0.5, 0.6) is 0 Å². The number of H-pyrrole nitrogens is 1. The fourth-order valence-corrected chi connectivity index (χ4v) is 4.34. The molecule has 0 saturated carbocycles. The monoisotopic (exact) mass is 450 g/mol. The van der Waals surface area contributed by atoms with E-state index in [1.54, 1.807) is 12.1 Å². The van der Waals surface area contributed by atoms with E-state index in [2.05, 4.69) is 33.0 Å². The van der Waals surface area contributed by atoms with Gasteiger partial charge in [0.05, 0.1) is 4.92 Å². The fraction of sp³-hybridized carbons (Fsp3) is 0.208. The summed E-state index contributed by atoms with van der Waals surface area (Å²) in [4.78, 5) is 30.5. The smallest absolute Gasteiger partial charge is 0.269 e. The number of rotatable bonds is 4. The summed E-state index contributed by atoms with van der Waals surface area (Å²) >= 11 is 0. The van der Waals surface area contributed by atoms with E-state index in [9.17, 15) is 14.9 Å². The highest BCUT2D eigenvalue weighted by Crippen LogP contribution is 2.24. The van der Waals surface area contributed by atoms with Gasteiger partial charge in [0.2, 0.25) is 0 Å². The number of nitro groups is 1. The number of benzene rings is 3. The zero-order valence-corrected chi connectivity index (χ0v) is 18.2. The van der Waals surface area contributed by atoms with Crippen LogP contribution in [-0.4, -0.2) is 41.0 Å². The number of hydrogen-bond donors (Lipinski definition) is 1. The number of nitrogens with one attached hydrogen (secondary N) is 1. The molecule has 1 saturated heterocycles. The Hall–Kier alpha value is -3.42. The zero-order chi connectivity index (χ0) is 21.4. The van der Waals surface area contributed by atoms with Crippen molar-refractivity contribution in [2.75, 3.05) is 31.1 Å². The molecular formula is C24H23ClN4O3. The lowest BCUT2D eigenvalue weighted by Crippen LogP contribution is -2.45. The molecule has 164 valence electrons. The number of halogens is 1. The largest absolute Gasteiger partial charge is 0.369 e. The van der Waals surface area contributed by atoms with Crippen LogP contribution in [0, 0.1) is 10.1 Å². The van der Waals surface area contributed by atoms with Crippen molar-refractivity contribution in [2.24, 2.45) is 0 Å². The maximum Gasteiger partial charge on any atom is 0.269 e. The maximum absolute atomic E-state index is 12.4. The molecule has 1 aliphatic heterocycles. The Morgan fingerprint density at radius 3 is 2.25 bits per heavy atom. The minimum absolute atomic E-state index is 0. The first kappa shape index (κ1) is 21.8. The van der Waals surface area contributed by atoms with Crippen LogP contribution in [-0.2, 0) is 6.54 Å². The van der Waals surface area contributed by atoms with Crippen LogP contribution in [0.1, 0.15) is 5.56 Å². The highest BCUT2D eigenvalue weighted by molar-refractivity contribution is 6.05. The van der Waals surface area contributed by atoms with E-state index in [1.807, 2.05) is 36.4 Å². The van der Waals surface area contributed by atoms with Gasteiger partial charge in [-0.1, -0.05) is 30.3 Å². The van der Waals surface area contributed by atoms with Crippen molar-refractivity contribution in [3.8, 4) is 0 Å². The number of hydrogen-bond acceptors (Lipinski definition) is 5. The quantitative estimate of drug-likeness (QED) is 0.284. The number of fused-ring (bicyclic) bond motifs is 3. The second kappa shape index (κ2) is 8.98. The molecule has 2 heterocycles. The molecule has 5 rings (SSSR count). The molecule has 1 N–H and O–H groups in total. The fourth-order valence-electron chi connectivity index (χ4n) is 4.34. The van der Waals surface area contributed by atoms with Gasteiger partial charge in [-0.3, -0.25) is 19.8 Å². The third-order valence-electron chi connectivity index (χ3n) is 6.00. The molecule has 32 heavy (non-hydrogen) atoms. The van der Waals surface area contributed by atoms with E-state index >= 15 is 0 Å². The molecule has 0 spiro atoms. The predicted octanol–water partition coefficient (Wildman–Crippen LogP) is 4.33. The minimum Gasteiger partial charge on any atom is -0.369 e. The van der Waals surface area contributed by atoms with Crippen LogP contribution in [0.15, 0.2) is 71.5 Å². The molecule has 0 unspecified atom stereocenters. The topological polar surface area (TPSA) is 82.5 Å². The normalized spacial score (nSPS) is 14.4. The highest BCUT2D eigenvalue weighted by Gasteiger charge is 2.18. The molecular weight excluding hydrogens is 428 g/mol. The number of aromatic amines is 1. The van der Waals surface area contributed by atoms with E-state index < -0.39 is 0 Å². The lowest BCUT2D eigenvalue weighted by Gasteiger charge is -2.36. The van der Waals surface area contributed by atoms with E-state index in [0.717, 1.165) is 54.7 Å². The summed E-state index contributed by atoms with van der Waals surface area (Å²) < 4.78 is 0. The average Bonchev–Trinajstić information content (AvgIpc) is 2.80. The van der Waals surface area contributed by atoms with Crippen LogP contribution in [0.2, 0.25) is 0 Å². The molecule has 0 atom stereocenters. The summed E-state index contributed by atoms with van der Waals surface area (Å²) in [5.41, 5.74) is 3.11. The predicted molar refractivity (Wildman–Crippen MR) is 130 cm³/mol. The number of anilines is 1. The summed E-state index contributed by atoms with van der Waals surface area (Å²) in [6.45, 7) is 4.37. The van der Waals surface area contributed by atoms with Gasteiger partial charge in [0.1, 0.15) is 0 Å². The molecule has 0 radical (unpaired) electrons.